The van der Waals surface area contributed by atoms with E-state index in [0.29, 0.717) is 12.0 Å². The van der Waals surface area contributed by atoms with Crippen LogP contribution in [-0.2, 0) is 9.59 Å². The number of fused-ring (bicyclic) bond motifs is 1. The summed E-state index contributed by atoms with van der Waals surface area (Å²) in [6.45, 7) is 3.02. The van der Waals surface area contributed by atoms with Gasteiger partial charge in [0, 0.05) is 6.04 Å². The third-order valence-electron chi connectivity index (χ3n) is 4.15. The molecule has 18 heavy (non-hydrogen) atoms. The minimum atomic E-state index is -1.20. The summed E-state index contributed by atoms with van der Waals surface area (Å²) in [6.07, 6.45) is 5.63. The highest BCUT2D eigenvalue weighted by atomic mass is 16.4. The van der Waals surface area contributed by atoms with Crippen molar-refractivity contribution in [2.75, 3.05) is 0 Å². The average Bonchev–Trinajstić information content (AvgIpc) is 2.71. The van der Waals surface area contributed by atoms with Gasteiger partial charge in [-0.05, 0) is 39.0 Å². The summed E-state index contributed by atoms with van der Waals surface area (Å²) < 4.78 is 0. The Bertz CT molecular complexity index is 340. The van der Waals surface area contributed by atoms with E-state index in [-0.39, 0.29) is 11.9 Å². The van der Waals surface area contributed by atoms with Gasteiger partial charge in [-0.25, -0.2) is 4.79 Å². The number of amides is 1. The van der Waals surface area contributed by atoms with E-state index in [9.17, 15) is 9.59 Å². The molecular formula is C13H22N2O3. The Kier molecular flexibility index (Phi) is 3.61. The van der Waals surface area contributed by atoms with Crippen LogP contribution in [0.3, 0.4) is 0 Å². The van der Waals surface area contributed by atoms with Crippen molar-refractivity contribution in [3.05, 3.63) is 0 Å². The maximum absolute atomic E-state index is 12.1. The largest absolute Gasteiger partial charge is 0.480 e. The molecule has 0 aromatic heterocycles. The third kappa shape index (κ3) is 2.66. The number of carboxylic acid groups (broad SMARTS) is 1. The lowest BCUT2D eigenvalue weighted by Crippen LogP contribution is -2.54. The van der Waals surface area contributed by atoms with E-state index in [2.05, 4.69) is 10.6 Å². The topological polar surface area (TPSA) is 78.4 Å². The summed E-state index contributed by atoms with van der Waals surface area (Å²) in [4.78, 5) is 23.1. The molecule has 3 unspecified atom stereocenters. The van der Waals surface area contributed by atoms with Crippen LogP contribution in [0.1, 0.15) is 46.0 Å². The number of hydrogen-bond donors (Lipinski definition) is 3. The molecule has 102 valence electrons. The first-order valence-corrected chi connectivity index (χ1v) is 6.71. The lowest BCUT2D eigenvalue weighted by molar-refractivity contribution is -0.146. The van der Waals surface area contributed by atoms with Gasteiger partial charge in [0.25, 0.3) is 0 Å². The van der Waals surface area contributed by atoms with Crippen LogP contribution in [0, 0.1) is 5.92 Å². The summed E-state index contributed by atoms with van der Waals surface area (Å²) in [7, 11) is 0. The molecule has 2 fully saturated rings. The third-order valence-corrected chi connectivity index (χ3v) is 4.15. The van der Waals surface area contributed by atoms with Gasteiger partial charge in [0.15, 0.2) is 0 Å². The molecule has 1 heterocycles. The molecule has 1 aliphatic carbocycles. The molecule has 2 aliphatic rings. The normalized spacial score (nSPS) is 31.8. The molecule has 5 nitrogen and oxygen atoms in total. The molecule has 0 spiro atoms. The highest BCUT2D eigenvalue weighted by molar-refractivity contribution is 5.89. The van der Waals surface area contributed by atoms with Crippen LogP contribution in [0.4, 0.5) is 0 Å². The second-order valence-electron chi connectivity index (χ2n) is 6.03. The van der Waals surface area contributed by atoms with Crippen LogP contribution < -0.4 is 10.6 Å². The van der Waals surface area contributed by atoms with Crippen molar-refractivity contribution in [1.82, 2.24) is 10.6 Å². The molecule has 0 aromatic carbocycles. The summed E-state index contributed by atoms with van der Waals surface area (Å²) >= 11 is 0. The van der Waals surface area contributed by atoms with E-state index in [1.165, 1.54) is 33.1 Å². The van der Waals surface area contributed by atoms with Crippen LogP contribution in [-0.4, -0.2) is 34.6 Å². The fraction of sp³-hybridized carbons (Fsp3) is 0.846. The van der Waals surface area contributed by atoms with E-state index in [1.807, 2.05) is 0 Å². The number of carboxylic acids is 1. The quantitative estimate of drug-likeness (QED) is 0.699. The Hall–Kier alpha value is -1.10. The van der Waals surface area contributed by atoms with Gasteiger partial charge in [-0.2, -0.15) is 0 Å². The first-order chi connectivity index (χ1) is 8.40. The zero-order valence-corrected chi connectivity index (χ0v) is 11.0. The Balaban J connectivity index is 1.93. The lowest BCUT2D eigenvalue weighted by atomic mass is 9.85. The Morgan fingerprint density at radius 3 is 2.56 bits per heavy atom. The molecule has 0 aromatic rings. The monoisotopic (exact) mass is 254 g/mol. The van der Waals surface area contributed by atoms with Gasteiger partial charge in [-0.1, -0.05) is 12.8 Å². The van der Waals surface area contributed by atoms with Crippen LogP contribution >= 0.6 is 0 Å². The number of aliphatic carboxylic acids is 1. The minimum absolute atomic E-state index is 0.184. The van der Waals surface area contributed by atoms with Crippen molar-refractivity contribution in [3.63, 3.8) is 0 Å². The average molecular weight is 254 g/mol. The van der Waals surface area contributed by atoms with Gasteiger partial charge in [0.1, 0.15) is 5.54 Å². The van der Waals surface area contributed by atoms with Crippen LogP contribution in [0.15, 0.2) is 0 Å². The molecule has 5 heteroatoms. The molecule has 1 amide bonds. The highest BCUT2D eigenvalue weighted by Gasteiger charge is 2.40. The zero-order chi connectivity index (χ0) is 13.3. The van der Waals surface area contributed by atoms with E-state index in [1.54, 1.807) is 0 Å². The van der Waals surface area contributed by atoms with Crippen molar-refractivity contribution in [2.24, 2.45) is 5.92 Å². The van der Waals surface area contributed by atoms with Crippen molar-refractivity contribution in [3.8, 4) is 0 Å². The highest BCUT2D eigenvalue weighted by Crippen LogP contribution is 2.33. The predicted octanol–water partition coefficient (Wildman–Crippen LogP) is 0.886. The van der Waals surface area contributed by atoms with Crippen LogP contribution in [0.2, 0.25) is 0 Å². The number of hydrogen-bond acceptors (Lipinski definition) is 3. The van der Waals surface area contributed by atoms with Gasteiger partial charge in [0.2, 0.25) is 5.91 Å². The van der Waals surface area contributed by atoms with Gasteiger partial charge < -0.3 is 15.7 Å². The molecule has 1 aliphatic heterocycles. The molecule has 1 saturated carbocycles. The Labute approximate surface area is 107 Å². The van der Waals surface area contributed by atoms with Crippen molar-refractivity contribution >= 4 is 11.9 Å². The molecule has 1 saturated heterocycles. The van der Waals surface area contributed by atoms with Gasteiger partial charge in [-0.15, -0.1) is 0 Å². The first-order valence-electron chi connectivity index (χ1n) is 6.71. The molecule has 3 atom stereocenters. The van der Waals surface area contributed by atoms with E-state index >= 15 is 0 Å². The number of nitrogens with one attached hydrogen (secondary N) is 2. The fourth-order valence-electron chi connectivity index (χ4n) is 2.97. The summed E-state index contributed by atoms with van der Waals surface area (Å²) in [6, 6.07) is 0.221. The number of carbonyl (C=O) groups is 2. The number of rotatable bonds is 3. The zero-order valence-electron chi connectivity index (χ0n) is 11.0. The molecule has 0 radical (unpaired) electrons. The Morgan fingerprint density at radius 1 is 1.28 bits per heavy atom. The van der Waals surface area contributed by atoms with Crippen LogP contribution in [0.5, 0.6) is 0 Å². The molecule has 2 rings (SSSR count). The smallest absolute Gasteiger partial charge is 0.328 e. The molecule has 3 N–H and O–H groups in total. The van der Waals surface area contributed by atoms with Gasteiger partial charge >= 0.3 is 5.97 Å². The number of carbonyl (C=O) groups excluding carboxylic acids is 1. The first kappa shape index (κ1) is 13.3. The maximum Gasteiger partial charge on any atom is 0.328 e. The second-order valence-corrected chi connectivity index (χ2v) is 6.03. The van der Waals surface area contributed by atoms with Crippen molar-refractivity contribution in [1.29, 1.82) is 0 Å². The van der Waals surface area contributed by atoms with Crippen molar-refractivity contribution in [2.45, 2.75) is 63.6 Å². The summed E-state index contributed by atoms with van der Waals surface area (Å²) in [5.41, 5.74) is -1.20. The van der Waals surface area contributed by atoms with E-state index in [4.69, 9.17) is 5.11 Å². The van der Waals surface area contributed by atoms with E-state index in [0.717, 1.165) is 12.8 Å². The summed E-state index contributed by atoms with van der Waals surface area (Å²) in [5.74, 6) is -0.606. The van der Waals surface area contributed by atoms with Crippen molar-refractivity contribution < 1.29 is 14.7 Å². The fourth-order valence-corrected chi connectivity index (χ4v) is 2.97. The standard InChI is InChI=1S/C13H22N2O3/c1-13(2,12(17)18)15-11(16)10-7-8-5-3-4-6-9(8)14-10/h8-10,14H,3-7H2,1-2H3,(H,15,16)(H,17,18). The SMILES string of the molecule is CC(C)(NC(=O)C1CC2CCCCC2N1)C(=O)O. The van der Waals surface area contributed by atoms with E-state index < -0.39 is 11.5 Å². The predicted molar refractivity (Wildman–Crippen MR) is 67.1 cm³/mol. The summed E-state index contributed by atoms with van der Waals surface area (Å²) in [5, 5.41) is 15.0. The van der Waals surface area contributed by atoms with Gasteiger partial charge in [-0.3, -0.25) is 4.79 Å². The van der Waals surface area contributed by atoms with Gasteiger partial charge in [0.05, 0.1) is 6.04 Å². The molecule has 0 bridgehead atoms. The lowest BCUT2D eigenvalue weighted by Gasteiger charge is -2.24. The maximum atomic E-state index is 12.1. The minimum Gasteiger partial charge on any atom is -0.480 e. The second kappa shape index (κ2) is 4.88. The van der Waals surface area contributed by atoms with Crippen LogP contribution in [0.25, 0.3) is 0 Å². The Morgan fingerprint density at radius 2 is 1.94 bits per heavy atom. The molecular weight excluding hydrogens is 232 g/mol.